The lowest BCUT2D eigenvalue weighted by Crippen LogP contribution is -2.46. The van der Waals surface area contributed by atoms with Gasteiger partial charge in [-0.1, -0.05) is 30.3 Å². The van der Waals surface area contributed by atoms with E-state index < -0.39 is 11.7 Å². The second-order valence-corrected chi connectivity index (χ2v) is 9.97. The molecule has 35 heavy (non-hydrogen) atoms. The summed E-state index contributed by atoms with van der Waals surface area (Å²) in [5.74, 6) is -0.110. The van der Waals surface area contributed by atoms with E-state index in [1.807, 2.05) is 13.1 Å². The molecule has 1 fully saturated rings. The molecule has 190 valence electrons. The number of hydrogen-bond acceptors (Lipinski definition) is 7. The van der Waals surface area contributed by atoms with Gasteiger partial charge in [-0.05, 0) is 53.0 Å². The first kappa shape index (κ1) is 26.4. The molecule has 3 rings (SSSR count). The molecule has 1 N–H and O–H groups in total. The van der Waals surface area contributed by atoms with E-state index in [0.717, 1.165) is 32.5 Å². The molecule has 2 aromatic rings. The first-order chi connectivity index (χ1) is 16.5. The third kappa shape index (κ3) is 7.92. The van der Waals surface area contributed by atoms with Gasteiger partial charge >= 0.3 is 12.1 Å². The van der Waals surface area contributed by atoms with Crippen LogP contribution in [-0.4, -0.2) is 70.2 Å². The molecule has 0 atom stereocenters. The summed E-state index contributed by atoms with van der Waals surface area (Å²) >= 11 is 0. The van der Waals surface area contributed by atoms with Crippen LogP contribution in [-0.2, 0) is 16.1 Å². The molecule has 0 bridgehead atoms. The number of rotatable bonds is 7. The summed E-state index contributed by atoms with van der Waals surface area (Å²) in [7, 11) is 1.83. The highest BCUT2D eigenvalue weighted by Gasteiger charge is 2.26. The Bertz CT molecular complexity index is 991. The second kappa shape index (κ2) is 11.5. The molecular weight excluding hydrogens is 446 g/mol. The predicted molar refractivity (Wildman–Crippen MR) is 134 cm³/mol. The van der Waals surface area contributed by atoms with Crippen molar-refractivity contribution in [1.82, 2.24) is 19.8 Å². The van der Waals surface area contributed by atoms with Crippen LogP contribution >= 0.6 is 0 Å². The van der Waals surface area contributed by atoms with Crippen LogP contribution in [0.5, 0.6) is 6.01 Å². The maximum absolute atomic E-state index is 12.8. The van der Waals surface area contributed by atoms with E-state index in [2.05, 4.69) is 44.5 Å². The quantitative estimate of drug-likeness (QED) is 0.637. The van der Waals surface area contributed by atoms with E-state index in [9.17, 15) is 9.59 Å². The minimum absolute atomic E-state index is 0.106. The maximum atomic E-state index is 12.8. The highest BCUT2D eigenvalue weighted by atomic mass is 16.6. The Morgan fingerprint density at radius 1 is 1.09 bits per heavy atom. The number of nitrogens with one attached hydrogen (secondary N) is 1. The van der Waals surface area contributed by atoms with Crippen molar-refractivity contribution in [3.8, 4) is 6.01 Å². The van der Waals surface area contributed by atoms with Gasteiger partial charge in [0.1, 0.15) is 5.60 Å². The highest BCUT2D eigenvalue weighted by Crippen LogP contribution is 2.21. The Hall–Kier alpha value is -3.20. The number of benzene rings is 1. The number of ether oxygens (including phenoxy) is 2. The van der Waals surface area contributed by atoms with Crippen molar-refractivity contribution in [2.45, 2.75) is 65.6 Å². The van der Waals surface area contributed by atoms with Crippen LogP contribution in [0.1, 0.15) is 50.6 Å². The van der Waals surface area contributed by atoms with Gasteiger partial charge in [0.25, 0.3) is 5.91 Å². The van der Waals surface area contributed by atoms with Gasteiger partial charge in [0, 0.05) is 32.7 Å². The van der Waals surface area contributed by atoms with Crippen LogP contribution in [0.25, 0.3) is 0 Å². The third-order valence-electron chi connectivity index (χ3n) is 5.95. The van der Waals surface area contributed by atoms with Crippen LogP contribution in [0.3, 0.4) is 0 Å². The molecule has 2 amide bonds. The lowest BCUT2D eigenvalue weighted by molar-refractivity contribution is -0.135. The third-order valence-corrected chi connectivity index (χ3v) is 5.95. The lowest BCUT2D eigenvalue weighted by Gasteiger charge is -2.36. The second-order valence-electron chi connectivity index (χ2n) is 9.97. The molecule has 1 aliphatic heterocycles. The SMILES string of the molecule is Cc1nc(OCC(=O)N(C)C2CCN(Cc3ccccc3)CC2)nc(C)c1NC(=O)OC(C)(C)C. The Morgan fingerprint density at radius 2 is 1.69 bits per heavy atom. The summed E-state index contributed by atoms with van der Waals surface area (Å²) in [4.78, 5) is 37.6. The van der Waals surface area contributed by atoms with Crippen molar-refractivity contribution in [2.24, 2.45) is 0 Å². The molecule has 0 radical (unpaired) electrons. The van der Waals surface area contributed by atoms with E-state index in [4.69, 9.17) is 9.47 Å². The van der Waals surface area contributed by atoms with E-state index in [-0.39, 0.29) is 24.6 Å². The first-order valence-corrected chi connectivity index (χ1v) is 12.0. The van der Waals surface area contributed by atoms with E-state index in [1.165, 1.54) is 5.56 Å². The largest absolute Gasteiger partial charge is 0.453 e. The van der Waals surface area contributed by atoms with Gasteiger partial charge in [-0.3, -0.25) is 15.0 Å². The molecule has 1 saturated heterocycles. The summed E-state index contributed by atoms with van der Waals surface area (Å²) < 4.78 is 10.9. The average molecular weight is 484 g/mol. The number of anilines is 1. The van der Waals surface area contributed by atoms with Crippen molar-refractivity contribution in [3.05, 3.63) is 47.3 Å². The number of likely N-dealkylation sites (tertiary alicyclic amines) is 1. The fourth-order valence-corrected chi connectivity index (χ4v) is 4.07. The van der Waals surface area contributed by atoms with Crippen LogP contribution < -0.4 is 10.1 Å². The van der Waals surface area contributed by atoms with Crippen molar-refractivity contribution in [1.29, 1.82) is 0 Å². The topological polar surface area (TPSA) is 96.9 Å². The van der Waals surface area contributed by atoms with Crippen LogP contribution in [0.15, 0.2) is 30.3 Å². The molecule has 9 nitrogen and oxygen atoms in total. The maximum Gasteiger partial charge on any atom is 0.412 e. The molecule has 1 aromatic heterocycles. The van der Waals surface area contributed by atoms with Gasteiger partial charge in [0.2, 0.25) is 0 Å². The average Bonchev–Trinajstić information content (AvgIpc) is 2.79. The van der Waals surface area contributed by atoms with Gasteiger partial charge in [0.15, 0.2) is 6.61 Å². The number of likely N-dealkylation sites (N-methyl/N-ethyl adjacent to an activating group) is 1. The molecule has 1 aromatic carbocycles. The number of aryl methyl sites for hydroxylation is 2. The van der Waals surface area contributed by atoms with Crippen molar-refractivity contribution < 1.29 is 19.1 Å². The highest BCUT2D eigenvalue weighted by molar-refractivity contribution is 5.86. The predicted octanol–water partition coefficient (Wildman–Crippen LogP) is 3.94. The van der Waals surface area contributed by atoms with Gasteiger partial charge in [-0.15, -0.1) is 0 Å². The molecule has 2 heterocycles. The fourth-order valence-electron chi connectivity index (χ4n) is 4.07. The number of carbonyl (C=O) groups is 2. The molecular formula is C26H37N5O4. The van der Waals surface area contributed by atoms with Gasteiger partial charge < -0.3 is 14.4 Å². The van der Waals surface area contributed by atoms with E-state index in [1.54, 1.807) is 39.5 Å². The summed E-state index contributed by atoms with van der Waals surface area (Å²) in [6.45, 7) is 11.6. The van der Waals surface area contributed by atoms with Crippen LogP contribution in [0, 0.1) is 13.8 Å². The molecule has 0 aliphatic carbocycles. The number of aromatic nitrogens is 2. The molecule has 9 heteroatoms. The Balaban J connectivity index is 1.48. The summed E-state index contributed by atoms with van der Waals surface area (Å²) in [6, 6.07) is 10.7. The Morgan fingerprint density at radius 3 is 2.26 bits per heavy atom. The van der Waals surface area contributed by atoms with E-state index >= 15 is 0 Å². The number of amides is 2. The van der Waals surface area contributed by atoms with Gasteiger partial charge in [-0.2, -0.15) is 9.97 Å². The molecule has 0 spiro atoms. The Labute approximate surface area is 207 Å². The minimum Gasteiger partial charge on any atom is -0.453 e. The van der Waals surface area contributed by atoms with Crippen molar-refractivity contribution in [2.75, 3.05) is 32.1 Å². The molecule has 1 aliphatic rings. The smallest absolute Gasteiger partial charge is 0.412 e. The van der Waals surface area contributed by atoms with Crippen LogP contribution in [0.4, 0.5) is 10.5 Å². The first-order valence-electron chi connectivity index (χ1n) is 12.0. The summed E-state index contributed by atoms with van der Waals surface area (Å²) in [5.41, 5.74) is 2.23. The zero-order chi connectivity index (χ0) is 25.6. The van der Waals surface area contributed by atoms with Gasteiger partial charge in [-0.25, -0.2) is 4.79 Å². The van der Waals surface area contributed by atoms with Gasteiger partial charge in [0.05, 0.1) is 17.1 Å². The standard InChI is InChI=1S/C26H37N5O4/c1-18-23(29-25(33)35-26(3,4)5)19(2)28-24(27-18)34-17-22(32)30(6)21-12-14-31(15-13-21)16-20-10-8-7-9-11-20/h7-11,21H,12-17H2,1-6H3,(H,29,33). The monoisotopic (exact) mass is 483 g/mol. The summed E-state index contributed by atoms with van der Waals surface area (Å²) in [6.07, 6.45) is 1.27. The number of carbonyl (C=O) groups excluding carboxylic acids is 2. The minimum atomic E-state index is -0.610. The zero-order valence-corrected chi connectivity index (χ0v) is 21.6. The number of piperidine rings is 1. The molecule has 0 saturated carbocycles. The number of nitrogens with zero attached hydrogens (tertiary/aromatic N) is 4. The normalized spacial score (nSPS) is 14.9. The fraction of sp³-hybridized carbons (Fsp3) is 0.538. The van der Waals surface area contributed by atoms with E-state index in [0.29, 0.717) is 17.1 Å². The van der Waals surface area contributed by atoms with Crippen molar-refractivity contribution in [3.63, 3.8) is 0 Å². The zero-order valence-electron chi connectivity index (χ0n) is 21.6. The Kier molecular flexibility index (Phi) is 8.67. The van der Waals surface area contributed by atoms with Crippen molar-refractivity contribution >= 4 is 17.7 Å². The number of hydrogen-bond donors (Lipinski definition) is 1. The molecule has 0 unspecified atom stereocenters. The van der Waals surface area contributed by atoms with Crippen LogP contribution in [0.2, 0.25) is 0 Å². The lowest BCUT2D eigenvalue weighted by atomic mass is 10.0. The summed E-state index contributed by atoms with van der Waals surface area (Å²) in [5, 5.41) is 2.69.